The SMILES string of the molecule is CC#CCNC(=S)NCC. The molecule has 0 unspecified atom stereocenters. The highest BCUT2D eigenvalue weighted by Crippen LogP contribution is 1.64. The van der Waals surface area contributed by atoms with Gasteiger partial charge in [0, 0.05) is 6.54 Å². The molecular weight excluding hydrogens is 144 g/mol. The van der Waals surface area contributed by atoms with Crippen molar-refractivity contribution in [2.75, 3.05) is 13.1 Å². The summed E-state index contributed by atoms with van der Waals surface area (Å²) in [6, 6.07) is 0. The molecule has 0 saturated carbocycles. The zero-order valence-corrected chi connectivity index (χ0v) is 7.14. The molecule has 0 rings (SSSR count). The second-order valence-corrected chi connectivity index (χ2v) is 2.05. The third kappa shape index (κ3) is 5.39. The minimum atomic E-state index is 0.627. The predicted octanol–water partition coefficient (Wildman–Crippen LogP) is 0.494. The summed E-state index contributed by atoms with van der Waals surface area (Å²) in [6.45, 7) is 5.28. The second kappa shape index (κ2) is 6.37. The quantitative estimate of drug-likeness (QED) is 0.449. The van der Waals surface area contributed by atoms with Gasteiger partial charge in [0.25, 0.3) is 0 Å². The fourth-order valence-corrected chi connectivity index (χ4v) is 0.652. The predicted molar refractivity (Wildman–Crippen MR) is 47.7 cm³/mol. The molecule has 0 fully saturated rings. The van der Waals surface area contributed by atoms with E-state index in [2.05, 4.69) is 22.5 Å². The zero-order chi connectivity index (χ0) is 7.82. The van der Waals surface area contributed by atoms with Crippen molar-refractivity contribution in [2.45, 2.75) is 13.8 Å². The van der Waals surface area contributed by atoms with Gasteiger partial charge < -0.3 is 10.6 Å². The molecule has 0 amide bonds. The van der Waals surface area contributed by atoms with E-state index >= 15 is 0 Å². The first-order chi connectivity index (χ1) is 4.81. The summed E-state index contributed by atoms with van der Waals surface area (Å²) in [5, 5.41) is 6.56. The molecule has 10 heavy (non-hydrogen) atoms. The Balaban J connectivity index is 3.27. The molecule has 0 bridgehead atoms. The summed E-state index contributed by atoms with van der Waals surface area (Å²) < 4.78 is 0. The third-order valence-corrected chi connectivity index (χ3v) is 1.14. The molecule has 0 heterocycles. The Bertz CT molecular complexity index is 155. The van der Waals surface area contributed by atoms with Crippen LogP contribution in [-0.4, -0.2) is 18.2 Å². The number of rotatable bonds is 2. The van der Waals surface area contributed by atoms with Gasteiger partial charge in [0.1, 0.15) is 0 Å². The van der Waals surface area contributed by atoms with E-state index in [1.54, 1.807) is 6.92 Å². The first kappa shape index (κ1) is 9.25. The molecule has 0 radical (unpaired) electrons. The van der Waals surface area contributed by atoms with E-state index in [9.17, 15) is 0 Å². The minimum absolute atomic E-state index is 0.627. The van der Waals surface area contributed by atoms with Gasteiger partial charge in [0.2, 0.25) is 0 Å². The molecule has 0 aromatic heterocycles. The van der Waals surface area contributed by atoms with E-state index < -0.39 is 0 Å². The smallest absolute Gasteiger partial charge is 0.167 e. The Kier molecular flexibility index (Phi) is 5.89. The van der Waals surface area contributed by atoms with E-state index in [1.807, 2.05) is 6.92 Å². The van der Waals surface area contributed by atoms with Crippen molar-refractivity contribution in [3.63, 3.8) is 0 Å². The number of hydrogen-bond acceptors (Lipinski definition) is 1. The molecule has 56 valence electrons. The molecular formula is C7H12N2S. The molecule has 0 spiro atoms. The Morgan fingerprint density at radius 1 is 1.50 bits per heavy atom. The van der Waals surface area contributed by atoms with Crippen molar-refractivity contribution >= 4 is 17.3 Å². The number of hydrogen-bond donors (Lipinski definition) is 2. The van der Waals surface area contributed by atoms with Crippen LogP contribution in [0.3, 0.4) is 0 Å². The fourth-order valence-electron chi connectivity index (χ4n) is 0.436. The normalized spacial score (nSPS) is 7.40. The molecule has 0 aliphatic rings. The maximum absolute atomic E-state index is 4.88. The van der Waals surface area contributed by atoms with Gasteiger partial charge in [0.05, 0.1) is 6.54 Å². The minimum Gasteiger partial charge on any atom is -0.363 e. The maximum atomic E-state index is 4.88. The van der Waals surface area contributed by atoms with Crippen LogP contribution in [0, 0.1) is 11.8 Å². The number of thiocarbonyl (C=S) groups is 1. The van der Waals surface area contributed by atoms with Crippen molar-refractivity contribution < 1.29 is 0 Å². The lowest BCUT2D eigenvalue weighted by molar-refractivity contribution is 0.915. The van der Waals surface area contributed by atoms with Crippen molar-refractivity contribution in [2.24, 2.45) is 0 Å². The monoisotopic (exact) mass is 156 g/mol. The average molecular weight is 156 g/mol. The van der Waals surface area contributed by atoms with E-state index in [1.165, 1.54) is 0 Å². The van der Waals surface area contributed by atoms with Crippen molar-refractivity contribution in [1.29, 1.82) is 0 Å². The summed E-state index contributed by atoms with van der Waals surface area (Å²) in [6.07, 6.45) is 0. The molecule has 3 heteroatoms. The molecule has 0 aromatic rings. The van der Waals surface area contributed by atoms with Crippen LogP contribution < -0.4 is 10.6 Å². The van der Waals surface area contributed by atoms with Gasteiger partial charge >= 0.3 is 0 Å². The number of nitrogens with one attached hydrogen (secondary N) is 2. The van der Waals surface area contributed by atoms with Crippen LogP contribution in [-0.2, 0) is 0 Å². The van der Waals surface area contributed by atoms with Gasteiger partial charge in [-0.2, -0.15) is 0 Å². The van der Waals surface area contributed by atoms with Crippen LogP contribution in [0.5, 0.6) is 0 Å². The van der Waals surface area contributed by atoms with Crippen molar-refractivity contribution in [3.05, 3.63) is 0 Å². The van der Waals surface area contributed by atoms with Gasteiger partial charge in [-0.25, -0.2) is 0 Å². The Morgan fingerprint density at radius 3 is 2.70 bits per heavy atom. The van der Waals surface area contributed by atoms with Crippen LogP contribution in [0.4, 0.5) is 0 Å². The molecule has 2 nitrogen and oxygen atoms in total. The van der Waals surface area contributed by atoms with E-state index in [4.69, 9.17) is 12.2 Å². The van der Waals surface area contributed by atoms with Crippen LogP contribution in [0.15, 0.2) is 0 Å². The third-order valence-electron chi connectivity index (χ3n) is 0.851. The molecule has 0 aromatic carbocycles. The summed E-state index contributed by atoms with van der Waals surface area (Å²) in [7, 11) is 0. The summed E-state index contributed by atoms with van der Waals surface area (Å²) in [5.74, 6) is 5.61. The summed E-state index contributed by atoms with van der Waals surface area (Å²) in [5.41, 5.74) is 0. The first-order valence-corrected chi connectivity index (χ1v) is 3.63. The van der Waals surface area contributed by atoms with Crippen molar-refractivity contribution in [1.82, 2.24) is 10.6 Å². The van der Waals surface area contributed by atoms with Gasteiger partial charge in [-0.1, -0.05) is 5.92 Å². The standard InChI is InChI=1S/C7H12N2S/c1-3-5-6-9-7(10)8-4-2/h4,6H2,1-2H3,(H2,8,9,10). The molecule has 0 atom stereocenters. The highest BCUT2D eigenvalue weighted by molar-refractivity contribution is 7.80. The molecule has 0 saturated heterocycles. The molecule has 0 aliphatic heterocycles. The Hall–Kier alpha value is -0.750. The van der Waals surface area contributed by atoms with Crippen LogP contribution in [0.2, 0.25) is 0 Å². The van der Waals surface area contributed by atoms with E-state index in [0.29, 0.717) is 11.7 Å². The summed E-state index contributed by atoms with van der Waals surface area (Å²) >= 11 is 4.88. The molecule has 2 N–H and O–H groups in total. The van der Waals surface area contributed by atoms with Crippen LogP contribution in [0.1, 0.15) is 13.8 Å². The lowest BCUT2D eigenvalue weighted by atomic mass is 10.6. The van der Waals surface area contributed by atoms with Crippen molar-refractivity contribution in [3.8, 4) is 11.8 Å². The fraction of sp³-hybridized carbons (Fsp3) is 0.571. The second-order valence-electron chi connectivity index (χ2n) is 1.64. The van der Waals surface area contributed by atoms with Gasteiger partial charge in [-0.3, -0.25) is 0 Å². The molecule has 0 aliphatic carbocycles. The van der Waals surface area contributed by atoms with Crippen LogP contribution >= 0.6 is 12.2 Å². The average Bonchev–Trinajstić information content (AvgIpc) is 1.89. The van der Waals surface area contributed by atoms with Gasteiger partial charge in [-0.15, -0.1) is 5.92 Å². The lowest BCUT2D eigenvalue weighted by Gasteiger charge is -2.03. The van der Waals surface area contributed by atoms with Gasteiger partial charge in [-0.05, 0) is 26.1 Å². The highest BCUT2D eigenvalue weighted by atomic mass is 32.1. The van der Waals surface area contributed by atoms with E-state index in [0.717, 1.165) is 6.54 Å². The first-order valence-electron chi connectivity index (χ1n) is 3.22. The maximum Gasteiger partial charge on any atom is 0.167 e. The van der Waals surface area contributed by atoms with Gasteiger partial charge in [0.15, 0.2) is 5.11 Å². The summed E-state index contributed by atoms with van der Waals surface area (Å²) in [4.78, 5) is 0. The Labute approximate surface area is 67.4 Å². The topological polar surface area (TPSA) is 24.1 Å². The zero-order valence-electron chi connectivity index (χ0n) is 6.32. The Morgan fingerprint density at radius 2 is 2.20 bits per heavy atom. The lowest BCUT2D eigenvalue weighted by Crippen LogP contribution is -2.35. The van der Waals surface area contributed by atoms with Crippen LogP contribution in [0.25, 0.3) is 0 Å². The largest absolute Gasteiger partial charge is 0.363 e. The highest BCUT2D eigenvalue weighted by Gasteiger charge is 1.86. The van der Waals surface area contributed by atoms with E-state index in [-0.39, 0.29) is 0 Å².